The lowest BCUT2D eigenvalue weighted by Crippen LogP contribution is -2.26. The summed E-state index contributed by atoms with van der Waals surface area (Å²) < 4.78 is 6.74. The summed E-state index contributed by atoms with van der Waals surface area (Å²) in [6.45, 7) is 11.1. The topological polar surface area (TPSA) is 89.3 Å². The quantitative estimate of drug-likeness (QED) is 0.372. The van der Waals surface area contributed by atoms with Gasteiger partial charge < -0.3 is 9.72 Å². The molecule has 0 bridgehead atoms. The van der Waals surface area contributed by atoms with Gasteiger partial charge in [-0.1, -0.05) is 45.9 Å². The molecule has 0 radical (unpaired) electrons. The lowest BCUT2D eigenvalue weighted by Gasteiger charge is -2.36. The van der Waals surface area contributed by atoms with Crippen LogP contribution in [0, 0.1) is 11.3 Å². The number of benzene rings is 1. The number of hydrogen-bond donors (Lipinski definition) is 1. The minimum Gasteiger partial charge on any atom is -0.463 e. The Morgan fingerprint density at radius 1 is 1.20 bits per heavy atom. The van der Waals surface area contributed by atoms with Crippen LogP contribution in [0.1, 0.15) is 83.3 Å². The van der Waals surface area contributed by atoms with E-state index < -0.39 is 0 Å². The van der Waals surface area contributed by atoms with Crippen LogP contribution in [0.3, 0.4) is 0 Å². The van der Waals surface area contributed by atoms with Crippen molar-refractivity contribution in [3.8, 4) is 11.4 Å². The number of H-pyrrole nitrogens is 1. The molecule has 0 aliphatic heterocycles. The van der Waals surface area contributed by atoms with Gasteiger partial charge in [0.1, 0.15) is 5.82 Å². The van der Waals surface area contributed by atoms with Gasteiger partial charge in [-0.25, -0.2) is 14.3 Å². The molecule has 2 aromatic heterocycles. The molecule has 3 aromatic rings. The third-order valence-corrected chi connectivity index (χ3v) is 7.11. The standard InChI is InChI=1S/C28H36N4O3/c1-6-22-24-27(34)30-25(20-10-8-9-18(17-20)11-16-23(33)35-7-2)31-32(24)26(29-22)19-12-14-21(15-13-19)28(3,4)5/h8-11,16-17,19,21H,6-7,12-15H2,1-5H3,(H,30,31,34). The zero-order valence-corrected chi connectivity index (χ0v) is 21.4. The van der Waals surface area contributed by atoms with Crippen LogP contribution in [0.4, 0.5) is 0 Å². The first-order chi connectivity index (χ1) is 16.7. The van der Waals surface area contributed by atoms with Crippen molar-refractivity contribution in [1.82, 2.24) is 19.6 Å². The Morgan fingerprint density at radius 2 is 1.94 bits per heavy atom. The van der Waals surface area contributed by atoms with Gasteiger partial charge in [0.2, 0.25) is 0 Å². The molecule has 7 heteroatoms. The van der Waals surface area contributed by atoms with E-state index in [2.05, 4.69) is 25.8 Å². The van der Waals surface area contributed by atoms with Crippen molar-refractivity contribution in [3.63, 3.8) is 0 Å². The molecule has 1 fully saturated rings. The zero-order valence-electron chi connectivity index (χ0n) is 21.4. The Balaban J connectivity index is 1.70. The van der Waals surface area contributed by atoms with Gasteiger partial charge in [-0.3, -0.25) is 4.79 Å². The zero-order chi connectivity index (χ0) is 25.2. The number of aryl methyl sites for hydroxylation is 1. The maximum Gasteiger partial charge on any atom is 0.330 e. The van der Waals surface area contributed by atoms with E-state index in [4.69, 9.17) is 14.8 Å². The monoisotopic (exact) mass is 476 g/mol. The fourth-order valence-electron chi connectivity index (χ4n) is 5.10. The first-order valence-corrected chi connectivity index (χ1v) is 12.7. The van der Waals surface area contributed by atoms with Gasteiger partial charge in [0, 0.05) is 17.6 Å². The fraction of sp³-hybridized carbons (Fsp3) is 0.500. The number of nitrogens with one attached hydrogen (secondary N) is 1. The minimum atomic E-state index is -0.387. The predicted octanol–water partition coefficient (Wildman–Crippen LogP) is 5.54. The third-order valence-electron chi connectivity index (χ3n) is 7.11. The van der Waals surface area contributed by atoms with E-state index in [9.17, 15) is 9.59 Å². The highest BCUT2D eigenvalue weighted by Gasteiger charge is 2.32. The van der Waals surface area contributed by atoms with Crippen molar-refractivity contribution < 1.29 is 9.53 Å². The van der Waals surface area contributed by atoms with Gasteiger partial charge in [-0.05, 0) is 68.1 Å². The van der Waals surface area contributed by atoms with Gasteiger partial charge in [0.25, 0.3) is 5.56 Å². The van der Waals surface area contributed by atoms with E-state index in [1.165, 1.54) is 6.08 Å². The fourth-order valence-corrected chi connectivity index (χ4v) is 5.10. The highest BCUT2D eigenvalue weighted by molar-refractivity contribution is 5.87. The number of nitrogens with zero attached hydrogens (tertiary/aromatic N) is 3. The molecule has 0 amide bonds. The number of esters is 1. The van der Waals surface area contributed by atoms with Crippen LogP contribution in [-0.2, 0) is 16.0 Å². The first kappa shape index (κ1) is 24.9. The summed E-state index contributed by atoms with van der Waals surface area (Å²) in [6.07, 6.45) is 8.22. The first-order valence-electron chi connectivity index (χ1n) is 12.7. The van der Waals surface area contributed by atoms with E-state index in [0.717, 1.165) is 48.3 Å². The lowest BCUT2D eigenvalue weighted by atomic mass is 9.70. The molecular weight excluding hydrogens is 440 g/mol. The van der Waals surface area contributed by atoms with Crippen molar-refractivity contribution in [1.29, 1.82) is 0 Å². The second-order valence-electron chi connectivity index (χ2n) is 10.5. The Hall–Kier alpha value is -3.22. The molecule has 0 atom stereocenters. The maximum atomic E-state index is 13.2. The van der Waals surface area contributed by atoms with E-state index >= 15 is 0 Å². The van der Waals surface area contributed by atoms with Gasteiger partial charge in [-0.15, -0.1) is 5.10 Å². The van der Waals surface area contributed by atoms with Crippen molar-refractivity contribution >= 4 is 17.6 Å². The molecule has 186 valence electrons. The van der Waals surface area contributed by atoms with Crippen LogP contribution in [0.2, 0.25) is 0 Å². The highest BCUT2D eigenvalue weighted by atomic mass is 16.5. The number of hydrogen-bond acceptors (Lipinski definition) is 5. The van der Waals surface area contributed by atoms with Gasteiger partial charge in [0.05, 0.1) is 12.3 Å². The molecule has 0 unspecified atom stereocenters. The SMILES string of the molecule is CCOC(=O)C=Cc1cccc(-c2nn3c(C4CCC(C(C)(C)C)CC4)nc(CC)c3c(=O)[nH]2)c1. The Labute approximate surface area is 206 Å². The van der Waals surface area contributed by atoms with Crippen LogP contribution in [0.15, 0.2) is 35.1 Å². The molecule has 1 aromatic carbocycles. The van der Waals surface area contributed by atoms with Crippen molar-refractivity contribution in [3.05, 3.63) is 57.8 Å². The van der Waals surface area contributed by atoms with E-state index in [1.54, 1.807) is 17.5 Å². The maximum absolute atomic E-state index is 13.2. The van der Waals surface area contributed by atoms with Crippen LogP contribution in [-0.4, -0.2) is 32.2 Å². The third kappa shape index (κ3) is 5.39. The minimum absolute atomic E-state index is 0.179. The number of carbonyl (C=O) groups is 1. The van der Waals surface area contributed by atoms with Crippen molar-refractivity contribution in [2.75, 3.05) is 6.61 Å². The molecule has 1 N–H and O–H groups in total. The van der Waals surface area contributed by atoms with Crippen molar-refractivity contribution in [2.24, 2.45) is 11.3 Å². The molecule has 35 heavy (non-hydrogen) atoms. The molecule has 0 saturated heterocycles. The number of imidazole rings is 1. The molecule has 0 spiro atoms. The van der Waals surface area contributed by atoms with Crippen LogP contribution in [0.25, 0.3) is 23.0 Å². The Kier molecular flexibility index (Phi) is 7.24. The summed E-state index contributed by atoms with van der Waals surface area (Å²) in [5.41, 5.74) is 3.06. The number of ether oxygens (including phenoxy) is 1. The average Bonchev–Trinajstić information content (AvgIpc) is 3.22. The smallest absolute Gasteiger partial charge is 0.330 e. The molecule has 7 nitrogen and oxygen atoms in total. The number of rotatable bonds is 6. The summed E-state index contributed by atoms with van der Waals surface area (Å²) in [4.78, 5) is 32.7. The van der Waals surface area contributed by atoms with E-state index in [1.807, 2.05) is 31.2 Å². The van der Waals surface area contributed by atoms with E-state index in [-0.39, 0.29) is 11.5 Å². The Bertz CT molecular complexity index is 1290. The number of carbonyl (C=O) groups excluding carboxylic acids is 1. The number of aromatic nitrogens is 4. The molecule has 2 heterocycles. The van der Waals surface area contributed by atoms with Gasteiger partial charge in [-0.2, -0.15) is 0 Å². The molecular formula is C28H36N4O3. The second kappa shape index (κ2) is 10.2. The molecule has 1 aliphatic carbocycles. The summed E-state index contributed by atoms with van der Waals surface area (Å²) in [6, 6.07) is 7.56. The van der Waals surface area contributed by atoms with Crippen molar-refractivity contribution in [2.45, 2.75) is 72.6 Å². The molecule has 4 rings (SSSR count). The van der Waals surface area contributed by atoms with Crippen LogP contribution in [0.5, 0.6) is 0 Å². The molecule has 1 aliphatic rings. The largest absolute Gasteiger partial charge is 0.463 e. The van der Waals surface area contributed by atoms with E-state index in [0.29, 0.717) is 41.6 Å². The lowest BCUT2D eigenvalue weighted by molar-refractivity contribution is -0.137. The van der Waals surface area contributed by atoms with Gasteiger partial charge >= 0.3 is 5.97 Å². The normalized spacial score (nSPS) is 18.9. The summed E-state index contributed by atoms with van der Waals surface area (Å²) >= 11 is 0. The second-order valence-corrected chi connectivity index (χ2v) is 10.5. The van der Waals surface area contributed by atoms with Crippen LogP contribution < -0.4 is 5.56 Å². The summed E-state index contributed by atoms with van der Waals surface area (Å²) in [7, 11) is 0. The predicted molar refractivity (Wildman–Crippen MR) is 138 cm³/mol. The van der Waals surface area contributed by atoms with Gasteiger partial charge in [0.15, 0.2) is 11.3 Å². The number of fused-ring (bicyclic) bond motifs is 1. The average molecular weight is 477 g/mol. The number of aromatic amines is 1. The summed E-state index contributed by atoms with van der Waals surface area (Å²) in [5.74, 6) is 1.99. The highest BCUT2D eigenvalue weighted by Crippen LogP contribution is 2.43. The Morgan fingerprint density at radius 3 is 2.60 bits per heavy atom. The molecule has 1 saturated carbocycles. The summed E-state index contributed by atoms with van der Waals surface area (Å²) in [5, 5.41) is 4.87. The van der Waals surface area contributed by atoms with Crippen LogP contribution >= 0.6 is 0 Å².